The summed E-state index contributed by atoms with van der Waals surface area (Å²) in [5.74, 6) is 0.180. The predicted molar refractivity (Wildman–Crippen MR) is 134 cm³/mol. The number of amides is 3. The highest BCUT2D eigenvalue weighted by Crippen LogP contribution is 2.37. The van der Waals surface area contributed by atoms with Gasteiger partial charge in [-0.15, -0.1) is 11.3 Å². The average molecular weight is 488 g/mol. The van der Waals surface area contributed by atoms with Gasteiger partial charge in [-0.3, -0.25) is 14.4 Å². The fourth-order valence-corrected chi connectivity index (χ4v) is 4.50. The lowest BCUT2D eigenvalue weighted by Gasteiger charge is -2.22. The third-order valence-electron chi connectivity index (χ3n) is 5.50. The summed E-state index contributed by atoms with van der Waals surface area (Å²) in [4.78, 5) is 38.0. The standard InChI is InChI=1S/C25H33N3O5S/c1-3-32-20-16-19(28-25(31)22-11-8-14-34-22)21(33-4-2)15-18(20)27-24(30)13-12-23(29)26-17-9-6-5-7-10-17/h8,11,14-17H,3-7,9-10,12-13H2,1-2H3,(H,26,29)(H,27,30)(H,28,31). The lowest BCUT2D eigenvalue weighted by molar-refractivity contribution is -0.125. The molecule has 1 aromatic carbocycles. The lowest BCUT2D eigenvalue weighted by Crippen LogP contribution is -2.36. The van der Waals surface area contributed by atoms with Crippen molar-refractivity contribution in [2.75, 3.05) is 23.8 Å². The number of ether oxygens (including phenoxy) is 2. The van der Waals surface area contributed by atoms with Crippen molar-refractivity contribution in [2.24, 2.45) is 0 Å². The molecule has 0 bridgehead atoms. The second kappa shape index (κ2) is 13.0. The number of anilines is 2. The minimum absolute atomic E-state index is 0.0605. The van der Waals surface area contributed by atoms with Gasteiger partial charge in [-0.05, 0) is 38.1 Å². The molecular formula is C25H33N3O5S. The first-order valence-electron chi connectivity index (χ1n) is 11.9. The van der Waals surface area contributed by atoms with Gasteiger partial charge in [-0.25, -0.2) is 0 Å². The third kappa shape index (κ3) is 7.48. The monoisotopic (exact) mass is 487 g/mol. The van der Waals surface area contributed by atoms with Crippen molar-refractivity contribution in [1.82, 2.24) is 5.32 Å². The Bertz CT molecular complexity index is 971. The van der Waals surface area contributed by atoms with Crippen LogP contribution >= 0.6 is 11.3 Å². The maximum absolute atomic E-state index is 12.6. The number of rotatable bonds is 11. The average Bonchev–Trinajstić information content (AvgIpc) is 3.36. The molecule has 3 amide bonds. The maximum atomic E-state index is 12.6. The van der Waals surface area contributed by atoms with Crippen LogP contribution in [0.3, 0.4) is 0 Å². The summed E-state index contributed by atoms with van der Waals surface area (Å²) in [6.45, 7) is 4.43. The molecule has 1 aliphatic carbocycles. The largest absolute Gasteiger partial charge is 0.492 e. The predicted octanol–water partition coefficient (Wildman–Crippen LogP) is 4.97. The van der Waals surface area contributed by atoms with Gasteiger partial charge in [0.2, 0.25) is 11.8 Å². The Morgan fingerprint density at radius 2 is 1.53 bits per heavy atom. The molecule has 0 saturated heterocycles. The van der Waals surface area contributed by atoms with Crippen LogP contribution < -0.4 is 25.4 Å². The zero-order chi connectivity index (χ0) is 24.3. The Morgan fingerprint density at radius 1 is 0.912 bits per heavy atom. The van der Waals surface area contributed by atoms with Crippen LogP contribution in [-0.4, -0.2) is 37.0 Å². The molecule has 1 aromatic heterocycles. The van der Waals surface area contributed by atoms with Crippen molar-refractivity contribution in [2.45, 2.75) is 64.8 Å². The van der Waals surface area contributed by atoms with E-state index in [1.165, 1.54) is 17.8 Å². The number of carbonyl (C=O) groups is 3. The van der Waals surface area contributed by atoms with E-state index in [4.69, 9.17) is 9.47 Å². The quantitative estimate of drug-likeness (QED) is 0.415. The van der Waals surface area contributed by atoms with Crippen molar-refractivity contribution >= 4 is 40.4 Å². The van der Waals surface area contributed by atoms with Crippen molar-refractivity contribution in [3.8, 4) is 11.5 Å². The molecule has 0 radical (unpaired) electrons. The van der Waals surface area contributed by atoms with Crippen molar-refractivity contribution in [3.63, 3.8) is 0 Å². The van der Waals surface area contributed by atoms with Gasteiger partial charge in [0.05, 0.1) is 29.5 Å². The summed E-state index contributed by atoms with van der Waals surface area (Å²) in [6, 6.07) is 7.05. The van der Waals surface area contributed by atoms with E-state index in [0.717, 1.165) is 25.7 Å². The number of thiophene rings is 1. The molecule has 1 aliphatic rings. The van der Waals surface area contributed by atoms with Gasteiger partial charge < -0.3 is 25.4 Å². The Morgan fingerprint density at radius 3 is 2.12 bits per heavy atom. The van der Waals surface area contributed by atoms with Crippen LogP contribution in [0.4, 0.5) is 11.4 Å². The fourth-order valence-electron chi connectivity index (χ4n) is 3.88. The molecule has 3 rings (SSSR count). The van der Waals surface area contributed by atoms with Gasteiger partial charge in [0.1, 0.15) is 11.5 Å². The molecular weight excluding hydrogens is 454 g/mol. The van der Waals surface area contributed by atoms with E-state index in [1.54, 1.807) is 18.2 Å². The van der Waals surface area contributed by atoms with E-state index >= 15 is 0 Å². The number of benzene rings is 1. The molecule has 0 atom stereocenters. The Kier molecular flexibility index (Phi) is 9.75. The number of hydrogen-bond donors (Lipinski definition) is 3. The van der Waals surface area contributed by atoms with Crippen LogP contribution in [0.15, 0.2) is 29.6 Å². The topological polar surface area (TPSA) is 106 Å². The fraction of sp³-hybridized carbons (Fsp3) is 0.480. The summed E-state index contributed by atoms with van der Waals surface area (Å²) in [5, 5.41) is 10.5. The SMILES string of the molecule is CCOc1cc(NC(=O)c2cccs2)c(OCC)cc1NC(=O)CCC(=O)NC1CCCCC1. The van der Waals surface area contributed by atoms with Crippen LogP contribution in [0.1, 0.15) is 68.5 Å². The number of nitrogens with one attached hydrogen (secondary N) is 3. The van der Waals surface area contributed by atoms with E-state index in [-0.39, 0.29) is 36.6 Å². The summed E-state index contributed by atoms with van der Waals surface area (Å²) in [5.41, 5.74) is 0.880. The van der Waals surface area contributed by atoms with Gasteiger partial charge >= 0.3 is 0 Å². The molecule has 1 heterocycles. The van der Waals surface area contributed by atoms with Crippen molar-refractivity contribution in [3.05, 3.63) is 34.5 Å². The molecule has 184 valence electrons. The van der Waals surface area contributed by atoms with Gasteiger partial charge in [-0.1, -0.05) is 25.3 Å². The van der Waals surface area contributed by atoms with Crippen LogP contribution in [0.25, 0.3) is 0 Å². The molecule has 0 aliphatic heterocycles. The first-order chi connectivity index (χ1) is 16.5. The maximum Gasteiger partial charge on any atom is 0.265 e. The van der Waals surface area contributed by atoms with Gasteiger partial charge in [0, 0.05) is 31.0 Å². The van der Waals surface area contributed by atoms with Gasteiger partial charge in [0.15, 0.2) is 0 Å². The summed E-state index contributed by atoms with van der Waals surface area (Å²) in [7, 11) is 0. The highest BCUT2D eigenvalue weighted by Gasteiger charge is 2.19. The van der Waals surface area contributed by atoms with Crippen LogP contribution in [0.5, 0.6) is 11.5 Å². The van der Waals surface area contributed by atoms with Gasteiger partial charge in [-0.2, -0.15) is 0 Å². The third-order valence-corrected chi connectivity index (χ3v) is 6.37. The van der Waals surface area contributed by atoms with E-state index in [9.17, 15) is 14.4 Å². The highest BCUT2D eigenvalue weighted by molar-refractivity contribution is 7.12. The molecule has 8 nitrogen and oxygen atoms in total. The zero-order valence-electron chi connectivity index (χ0n) is 19.8. The molecule has 2 aromatic rings. The lowest BCUT2D eigenvalue weighted by atomic mass is 9.95. The van der Waals surface area contributed by atoms with Crippen LogP contribution in [0.2, 0.25) is 0 Å². The number of hydrogen-bond acceptors (Lipinski definition) is 6. The summed E-state index contributed by atoms with van der Waals surface area (Å²) in [6.07, 6.45) is 5.69. The molecule has 1 saturated carbocycles. The van der Waals surface area contributed by atoms with Crippen LogP contribution in [0, 0.1) is 0 Å². The van der Waals surface area contributed by atoms with Gasteiger partial charge in [0.25, 0.3) is 5.91 Å². The molecule has 0 spiro atoms. The van der Waals surface area contributed by atoms with E-state index in [0.29, 0.717) is 41.0 Å². The minimum Gasteiger partial charge on any atom is -0.492 e. The second-order valence-corrected chi connectivity index (χ2v) is 9.04. The Labute approximate surface area is 204 Å². The Hall–Kier alpha value is -3.07. The molecule has 34 heavy (non-hydrogen) atoms. The molecule has 1 fully saturated rings. The zero-order valence-corrected chi connectivity index (χ0v) is 20.6. The number of carbonyl (C=O) groups excluding carboxylic acids is 3. The van der Waals surface area contributed by atoms with E-state index < -0.39 is 0 Å². The van der Waals surface area contributed by atoms with Crippen molar-refractivity contribution in [1.29, 1.82) is 0 Å². The van der Waals surface area contributed by atoms with E-state index in [2.05, 4.69) is 16.0 Å². The highest BCUT2D eigenvalue weighted by atomic mass is 32.1. The first-order valence-corrected chi connectivity index (χ1v) is 12.8. The second-order valence-electron chi connectivity index (χ2n) is 8.09. The van der Waals surface area contributed by atoms with Crippen LogP contribution in [-0.2, 0) is 9.59 Å². The van der Waals surface area contributed by atoms with Crippen molar-refractivity contribution < 1.29 is 23.9 Å². The summed E-state index contributed by atoms with van der Waals surface area (Å²) < 4.78 is 11.4. The molecule has 3 N–H and O–H groups in total. The normalized spacial score (nSPS) is 13.7. The minimum atomic E-state index is -0.294. The molecule has 0 unspecified atom stereocenters. The molecule has 9 heteroatoms. The summed E-state index contributed by atoms with van der Waals surface area (Å²) >= 11 is 1.34. The Balaban J connectivity index is 1.66. The van der Waals surface area contributed by atoms with E-state index in [1.807, 2.05) is 25.3 Å². The smallest absolute Gasteiger partial charge is 0.265 e. The first kappa shape index (κ1) is 25.6.